The van der Waals surface area contributed by atoms with Gasteiger partial charge in [-0.1, -0.05) is 24.6 Å². The normalized spacial score (nSPS) is 12.8. The van der Waals surface area contributed by atoms with Crippen LogP contribution in [-0.4, -0.2) is 21.0 Å². The number of hydrogen-bond donors (Lipinski definition) is 1. The van der Waals surface area contributed by atoms with Crippen molar-refractivity contribution < 1.29 is 5.11 Å². The van der Waals surface area contributed by atoms with E-state index >= 15 is 0 Å². The lowest BCUT2D eigenvalue weighted by Crippen LogP contribution is -2.14. The SMILES string of the molecule is CCc1nn(CC)c(CC(O)CCCc2cccs2)c1Cl. The number of aryl methyl sites for hydroxylation is 3. The molecule has 0 aromatic carbocycles. The summed E-state index contributed by atoms with van der Waals surface area (Å²) in [5.74, 6) is 0. The van der Waals surface area contributed by atoms with Crippen molar-refractivity contribution in [1.82, 2.24) is 9.78 Å². The summed E-state index contributed by atoms with van der Waals surface area (Å²) in [7, 11) is 0. The number of rotatable bonds is 8. The highest BCUT2D eigenvalue weighted by Gasteiger charge is 2.17. The number of aromatic nitrogens is 2. The lowest BCUT2D eigenvalue weighted by Gasteiger charge is -2.12. The van der Waals surface area contributed by atoms with Gasteiger partial charge in [-0.2, -0.15) is 5.10 Å². The van der Waals surface area contributed by atoms with Gasteiger partial charge in [-0.05, 0) is 44.1 Å². The Kier molecular flexibility index (Phi) is 6.27. The highest BCUT2D eigenvalue weighted by molar-refractivity contribution is 7.09. The largest absolute Gasteiger partial charge is 0.393 e. The van der Waals surface area contributed by atoms with Gasteiger partial charge in [0.15, 0.2) is 0 Å². The van der Waals surface area contributed by atoms with Crippen LogP contribution >= 0.6 is 22.9 Å². The molecule has 0 saturated carbocycles. The molecule has 0 aliphatic carbocycles. The van der Waals surface area contributed by atoms with E-state index in [0.717, 1.165) is 48.6 Å². The van der Waals surface area contributed by atoms with Crippen molar-refractivity contribution >= 4 is 22.9 Å². The number of aliphatic hydroxyl groups excluding tert-OH is 1. The predicted molar refractivity (Wildman–Crippen MR) is 89.3 cm³/mol. The summed E-state index contributed by atoms with van der Waals surface area (Å²) in [5.41, 5.74) is 1.90. The molecule has 0 aliphatic rings. The average molecular weight is 327 g/mol. The van der Waals surface area contributed by atoms with Crippen LogP contribution in [-0.2, 0) is 25.8 Å². The maximum Gasteiger partial charge on any atom is 0.0850 e. The second-order valence-electron chi connectivity index (χ2n) is 5.21. The Bertz CT molecular complexity index is 551. The summed E-state index contributed by atoms with van der Waals surface area (Å²) in [6.07, 6.45) is 3.90. The molecule has 116 valence electrons. The molecule has 1 atom stereocenters. The van der Waals surface area contributed by atoms with Gasteiger partial charge in [-0.15, -0.1) is 11.3 Å². The topological polar surface area (TPSA) is 38.0 Å². The summed E-state index contributed by atoms with van der Waals surface area (Å²) >= 11 is 8.15. The third-order valence-corrected chi connectivity index (χ3v) is 5.04. The molecule has 1 unspecified atom stereocenters. The van der Waals surface area contributed by atoms with E-state index in [2.05, 4.69) is 36.5 Å². The monoisotopic (exact) mass is 326 g/mol. The van der Waals surface area contributed by atoms with Gasteiger partial charge in [0.05, 0.1) is 22.5 Å². The van der Waals surface area contributed by atoms with Crippen LogP contribution in [0, 0.1) is 0 Å². The third kappa shape index (κ3) is 4.31. The van der Waals surface area contributed by atoms with E-state index < -0.39 is 0 Å². The Morgan fingerprint density at radius 1 is 1.43 bits per heavy atom. The second kappa shape index (κ2) is 7.97. The minimum Gasteiger partial charge on any atom is -0.393 e. The molecule has 2 aromatic heterocycles. The quantitative estimate of drug-likeness (QED) is 0.793. The lowest BCUT2D eigenvalue weighted by molar-refractivity contribution is 0.159. The van der Waals surface area contributed by atoms with Gasteiger partial charge in [0.25, 0.3) is 0 Å². The molecular weight excluding hydrogens is 304 g/mol. The Balaban J connectivity index is 1.89. The van der Waals surface area contributed by atoms with Gasteiger partial charge in [-0.3, -0.25) is 4.68 Å². The first-order chi connectivity index (χ1) is 10.2. The van der Waals surface area contributed by atoms with E-state index in [1.165, 1.54) is 4.88 Å². The predicted octanol–water partition coefficient (Wildman–Crippen LogP) is 4.11. The Morgan fingerprint density at radius 2 is 2.24 bits per heavy atom. The van der Waals surface area contributed by atoms with Crippen molar-refractivity contribution in [3.8, 4) is 0 Å². The summed E-state index contributed by atoms with van der Waals surface area (Å²) in [6.45, 7) is 4.89. The van der Waals surface area contributed by atoms with Crippen molar-refractivity contribution in [3.05, 3.63) is 38.8 Å². The van der Waals surface area contributed by atoms with Gasteiger partial charge in [0.1, 0.15) is 0 Å². The highest BCUT2D eigenvalue weighted by Crippen LogP contribution is 2.24. The fraction of sp³-hybridized carbons (Fsp3) is 0.562. The fourth-order valence-corrected chi connectivity index (χ4v) is 3.60. The summed E-state index contributed by atoms with van der Waals surface area (Å²) in [5, 5.41) is 17.6. The maximum atomic E-state index is 10.3. The van der Waals surface area contributed by atoms with E-state index in [4.69, 9.17) is 11.6 Å². The summed E-state index contributed by atoms with van der Waals surface area (Å²) < 4.78 is 1.92. The number of hydrogen-bond acceptors (Lipinski definition) is 3. The van der Waals surface area contributed by atoms with Gasteiger partial charge in [-0.25, -0.2) is 0 Å². The second-order valence-corrected chi connectivity index (χ2v) is 6.62. The molecule has 0 radical (unpaired) electrons. The number of halogens is 1. The van der Waals surface area contributed by atoms with E-state index in [9.17, 15) is 5.11 Å². The molecule has 21 heavy (non-hydrogen) atoms. The van der Waals surface area contributed by atoms with Crippen LogP contribution in [0.5, 0.6) is 0 Å². The molecule has 2 aromatic rings. The zero-order valence-corrected chi connectivity index (χ0v) is 14.3. The molecule has 0 spiro atoms. The zero-order valence-electron chi connectivity index (χ0n) is 12.7. The molecule has 1 N–H and O–H groups in total. The first-order valence-electron chi connectivity index (χ1n) is 7.60. The van der Waals surface area contributed by atoms with Crippen LogP contribution in [0.15, 0.2) is 17.5 Å². The van der Waals surface area contributed by atoms with Crippen LogP contribution < -0.4 is 0 Å². The molecule has 0 bridgehead atoms. The molecule has 2 heterocycles. The minimum atomic E-state index is -0.353. The van der Waals surface area contributed by atoms with Crippen LogP contribution in [0.25, 0.3) is 0 Å². The number of aliphatic hydroxyl groups is 1. The van der Waals surface area contributed by atoms with Crippen LogP contribution in [0.4, 0.5) is 0 Å². The molecule has 0 aliphatic heterocycles. The van der Waals surface area contributed by atoms with E-state index in [1.54, 1.807) is 11.3 Å². The molecule has 0 amide bonds. The van der Waals surface area contributed by atoms with Crippen molar-refractivity contribution in [2.75, 3.05) is 0 Å². The lowest BCUT2D eigenvalue weighted by atomic mass is 10.1. The van der Waals surface area contributed by atoms with Crippen LogP contribution in [0.2, 0.25) is 5.02 Å². The molecule has 0 saturated heterocycles. The van der Waals surface area contributed by atoms with Gasteiger partial charge < -0.3 is 5.11 Å². The fourth-order valence-electron chi connectivity index (χ4n) is 2.50. The molecule has 5 heteroatoms. The van der Waals surface area contributed by atoms with Gasteiger partial charge in [0.2, 0.25) is 0 Å². The number of nitrogens with zero attached hydrogens (tertiary/aromatic N) is 2. The van der Waals surface area contributed by atoms with Crippen molar-refractivity contribution in [3.63, 3.8) is 0 Å². The Labute approximate surface area is 135 Å². The minimum absolute atomic E-state index is 0.353. The molecular formula is C16H23ClN2OS. The zero-order chi connectivity index (χ0) is 15.2. The number of thiophene rings is 1. The Hall–Kier alpha value is -0.840. The van der Waals surface area contributed by atoms with Gasteiger partial charge >= 0.3 is 0 Å². The first kappa shape index (κ1) is 16.5. The van der Waals surface area contributed by atoms with E-state index in [0.29, 0.717) is 6.42 Å². The van der Waals surface area contributed by atoms with Crippen molar-refractivity contribution in [2.45, 2.75) is 58.6 Å². The van der Waals surface area contributed by atoms with E-state index in [1.807, 2.05) is 4.68 Å². The molecule has 3 nitrogen and oxygen atoms in total. The maximum absolute atomic E-state index is 10.3. The highest BCUT2D eigenvalue weighted by atomic mass is 35.5. The van der Waals surface area contributed by atoms with E-state index in [-0.39, 0.29) is 6.10 Å². The standard InChI is InChI=1S/C16H23ClN2OS/c1-3-14-16(17)15(19(4-2)18-14)11-12(20)7-5-8-13-9-6-10-21-13/h6,9-10,12,20H,3-5,7-8,11H2,1-2H3. The van der Waals surface area contributed by atoms with Crippen molar-refractivity contribution in [2.24, 2.45) is 0 Å². The van der Waals surface area contributed by atoms with Crippen LogP contribution in [0.3, 0.4) is 0 Å². The third-order valence-electron chi connectivity index (χ3n) is 3.66. The van der Waals surface area contributed by atoms with Gasteiger partial charge in [0, 0.05) is 17.8 Å². The molecule has 2 rings (SSSR count). The first-order valence-corrected chi connectivity index (χ1v) is 8.85. The summed E-state index contributed by atoms with van der Waals surface area (Å²) in [4.78, 5) is 1.38. The average Bonchev–Trinajstić information content (AvgIpc) is 3.08. The summed E-state index contributed by atoms with van der Waals surface area (Å²) in [6, 6.07) is 4.22. The van der Waals surface area contributed by atoms with Crippen LogP contribution in [0.1, 0.15) is 43.0 Å². The molecule has 0 fully saturated rings. The van der Waals surface area contributed by atoms with Crippen molar-refractivity contribution in [1.29, 1.82) is 0 Å². The smallest absolute Gasteiger partial charge is 0.0850 e. The Morgan fingerprint density at radius 3 is 2.86 bits per heavy atom.